The van der Waals surface area contributed by atoms with Gasteiger partial charge in [-0.2, -0.15) is 0 Å². The van der Waals surface area contributed by atoms with Crippen LogP contribution in [-0.4, -0.2) is 26.0 Å². The maximum atomic E-state index is 12.8. The predicted molar refractivity (Wildman–Crippen MR) is 113 cm³/mol. The highest BCUT2D eigenvalue weighted by Gasteiger charge is 2.15. The second-order valence-corrected chi connectivity index (χ2v) is 6.50. The Hall–Kier alpha value is -3.51. The molecule has 0 unspecified atom stereocenters. The Morgan fingerprint density at radius 2 is 1.41 bits per heavy atom. The van der Waals surface area contributed by atoms with Crippen molar-refractivity contribution in [3.8, 4) is 11.5 Å². The van der Waals surface area contributed by atoms with Crippen LogP contribution in [0.15, 0.2) is 66.7 Å². The first-order valence-corrected chi connectivity index (χ1v) is 9.08. The summed E-state index contributed by atoms with van der Waals surface area (Å²) in [5.41, 5.74) is 1.64. The van der Waals surface area contributed by atoms with Gasteiger partial charge in [0.25, 0.3) is 11.8 Å². The van der Waals surface area contributed by atoms with Gasteiger partial charge >= 0.3 is 0 Å². The zero-order chi connectivity index (χ0) is 20.8. The minimum Gasteiger partial charge on any atom is -0.497 e. The predicted octanol–water partition coefficient (Wildman–Crippen LogP) is 4.86. The number of hydrogen-bond donors (Lipinski definition) is 2. The van der Waals surface area contributed by atoms with Crippen LogP contribution in [0.5, 0.6) is 11.5 Å². The molecule has 0 atom stereocenters. The smallest absolute Gasteiger partial charge is 0.257 e. The molecule has 0 saturated carbocycles. The molecule has 2 N–H and O–H groups in total. The Bertz CT molecular complexity index is 1010. The van der Waals surface area contributed by atoms with Gasteiger partial charge in [-0.15, -0.1) is 0 Å². The molecule has 148 valence electrons. The van der Waals surface area contributed by atoms with E-state index in [9.17, 15) is 9.59 Å². The Morgan fingerprint density at radius 1 is 0.793 bits per heavy atom. The molecule has 3 aromatic rings. The first-order valence-electron chi connectivity index (χ1n) is 8.70. The lowest BCUT2D eigenvalue weighted by molar-refractivity contribution is 0.102. The van der Waals surface area contributed by atoms with E-state index in [4.69, 9.17) is 21.1 Å². The Labute approximate surface area is 173 Å². The number of hydrogen-bond acceptors (Lipinski definition) is 4. The molecule has 0 aromatic heterocycles. The highest BCUT2D eigenvalue weighted by molar-refractivity contribution is 6.30. The number of rotatable bonds is 6. The Kier molecular flexibility index (Phi) is 6.36. The van der Waals surface area contributed by atoms with Gasteiger partial charge in [-0.1, -0.05) is 23.7 Å². The van der Waals surface area contributed by atoms with E-state index in [1.807, 2.05) is 0 Å². The highest BCUT2D eigenvalue weighted by Crippen LogP contribution is 2.27. The summed E-state index contributed by atoms with van der Waals surface area (Å²) in [6.45, 7) is 0. The lowest BCUT2D eigenvalue weighted by atomic mass is 10.1. The van der Waals surface area contributed by atoms with Crippen LogP contribution in [-0.2, 0) is 0 Å². The van der Waals surface area contributed by atoms with Crippen molar-refractivity contribution in [2.24, 2.45) is 0 Å². The summed E-state index contributed by atoms with van der Waals surface area (Å²) in [7, 11) is 3.06. The largest absolute Gasteiger partial charge is 0.497 e. The third-order valence-electron chi connectivity index (χ3n) is 4.14. The summed E-state index contributed by atoms with van der Waals surface area (Å²) >= 11 is 5.86. The molecule has 3 aromatic carbocycles. The standard InChI is InChI=1S/C22H19ClN2O4/c1-28-17-11-16(12-18(13-17)29-2)24-22(27)19-5-3-4-6-20(19)25-21(26)14-7-9-15(23)10-8-14/h3-13H,1-2H3,(H,24,27)(H,25,26). The molecule has 0 aliphatic heterocycles. The zero-order valence-electron chi connectivity index (χ0n) is 15.9. The molecule has 0 saturated heterocycles. The molecule has 3 rings (SSSR count). The highest BCUT2D eigenvalue weighted by atomic mass is 35.5. The summed E-state index contributed by atoms with van der Waals surface area (Å²) in [5.74, 6) is 0.366. The van der Waals surface area contributed by atoms with Crippen molar-refractivity contribution in [1.29, 1.82) is 0 Å². The van der Waals surface area contributed by atoms with Gasteiger partial charge in [0.1, 0.15) is 11.5 Å². The van der Waals surface area contributed by atoms with Crippen molar-refractivity contribution in [3.05, 3.63) is 82.9 Å². The molecule has 0 aliphatic rings. The van der Waals surface area contributed by atoms with Gasteiger partial charge < -0.3 is 20.1 Å². The van der Waals surface area contributed by atoms with Crippen LogP contribution in [0.25, 0.3) is 0 Å². The van der Waals surface area contributed by atoms with Crippen LogP contribution < -0.4 is 20.1 Å². The second-order valence-electron chi connectivity index (χ2n) is 6.06. The topological polar surface area (TPSA) is 76.7 Å². The lowest BCUT2D eigenvalue weighted by Gasteiger charge is -2.13. The third kappa shape index (κ3) is 5.06. The van der Waals surface area contributed by atoms with Crippen LogP contribution in [0.1, 0.15) is 20.7 Å². The van der Waals surface area contributed by atoms with Crippen molar-refractivity contribution in [1.82, 2.24) is 0 Å². The average molecular weight is 411 g/mol. The van der Waals surface area contributed by atoms with E-state index >= 15 is 0 Å². The van der Waals surface area contributed by atoms with Crippen molar-refractivity contribution >= 4 is 34.8 Å². The molecule has 29 heavy (non-hydrogen) atoms. The van der Waals surface area contributed by atoms with E-state index in [0.29, 0.717) is 39.0 Å². The van der Waals surface area contributed by atoms with Gasteiger partial charge in [0.05, 0.1) is 25.5 Å². The fourth-order valence-corrected chi connectivity index (χ4v) is 2.79. The van der Waals surface area contributed by atoms with Gasteiger partial charge in [-0.05, 0) is 36.4 Å². The maximum Gasteiger partial charge on any atom is 0.257 e. The quantitative estimate of drug-likeness (QED) is 0.608. The van der Waals surface area contributed by atoms with Gasteiger partial charge in [0.2, 0.25) is 0 Å². The van der Waals surface area contributed by atoms with E-state index in [-0.39, 0.29) is 11.8 Å². The number of halogens is 1. The number of para-hydroxylation sites is 1. The average Bonchev–Trinajstić information content (AvgIpc) is 2.74. The van der Waals surface area contributed by atoms with E-state index in [1.54, 1.807) is 66.7 Å². The molecule has 0 bridgehead atoms. The van der Waals surface area contributed by atoms with E-state index in [2.05, 4.69) is 10.6 Å². The molecule has 6 nitrogen and oxygen atoms in total. The van der Waals surface area contributed by atoms with E-state index in [1.165, 1.54) is 14.2 Å². The Morgan fingerprint density at radius 3 is 2.03 bits per heavy atom. The minimum atomic E-state index is -0.382. The minimum absolute atomic E-state index is 0.316. The fraction of sp³-hybridized carbons (Fsp3) is 0.0909. The summed E-state index contributed by atoms with van der Waals surface area (Å²) < 4.78 is 10.4. The molecule has 0 radical (unpaired) electrons. The Balaban J connectivity index is 1.82. The third-order valence-corrected chi connectivity index (χ3v) is 4.39. The lowest BCUT2D eigenvalue weighted by Crippen LogP contribution is -2.18. The molecular weight excluding hydrogens is 392 g/mol. The van der Waals surface area contributed by atoms with Crippen molar-refractivity contribution in [2.75, 3.05) is 24.9 Å². The second kappa shape index (κ2) is 9.12. The summed E-state index contributed by atoms with van der Waals surface area (Å²) in [4.78, 5) is 25.3. The number of ether oxygens (including phenoxy) is 2. The zero-order valence-corrected chi connectivity index (χ0v) is 16.6. The number of amides is 2. The number of carbonyl (C=O) groups excluding carboxylic acids is 2. The van der Waals surface area contributed by atoms with Crippen LogP contribution in [0.4, 0.5) is 11.4 Å². The number of benzene rings is 3. The molecule has 2 amide bonds. The molecule has 0 spiro atoms. The van der Waals surface area contributed by atoms with Crippen molar-refractivity contribution in [2.45, 2.75) is 0 Å². The van der Waals surface area contributed by atoms with Gasteiger partial charge in [-0.3, -0.25) is 9.59 Å². The van der Waals surface area contributed by atoms with Crippen molar-refractivity contribution in [3.63, 3.8) is 0 Å². The first-order chi connectivity index (χ1) is 14.0. The fourth-order valence-electron chi connectivity index (χ4n) is 2.66. The van der Waals surface area contributed by atoms with Crippen LogP contribution in [0, 0.1) is 0 Å². The monoisotopic (exact) mass is 410 g/mol. The maximum absolute atomic E-state index is 12.8. The summed E-state index contributed by atoms with van der Waals surface area (Å²) in [5, 5.41) is 6.10. The summed E-state index contributed by atoms with van der Waals surface area (Å²) in [6.07, 6.45) is 0. The number of methoxy groups -OCH3 is 2. The van der Waals surface area contributed by atoms with Gasteiger partial charge in [-0.25, -0.2) is 0 Å². The van der Waals surface area contributed by atoms with Crippen molar-refractivity contribution < 1.29 is 19.1 Å². The van der Waals surface area contributed by atoms with Crippen LogP contribution >= 0.6 is 11.6 Å². The molecule has 0 heterocycles. The summed E-state index contributed by atoms with van der Waals surface area (Å²) in [6, 6.07) is 18.3. The van der Waals surface area contributed by atoms with Gasteiger partial charge in [0, 0.05) is 34.5 Å². The van der Waals surface area contributed by atoms with E-state index in [0.717, 1.165) is 0 Å². The number of anilines is 2. The number of carbonyl (C=O) groups is 2. The van der Waals surface area contributed by atoms with Gasteiger partial charge in [0.15, 0.2) is 0 Å². The molecular formula is C22H19ClN2O4. The molecule has 0 fully saturated rings. The molecule has 0 aliphatic carbocycles. The number of nitrogens with one attached hydrogen (secondary N) is 2. The normalized spacial score (nSPS) is 10.2. The SMILES string of the molecule is COc1cc(NC(=O)c2ccccc2NC(=O)c2ccc(Cl)cc2)cc(OC)c1. The first kappa shape index (κ1) is 20.2. The molecule has 7 heteroatoms. The van der Waals surface area contributed by atoms with E-state index < -0.39 is 0 Å². The van der Waals surface area contributed by atoms with Crippen LogP contribution in [0.2, 0.25) is 5.02 Å². The van der Waals surface area contributed by atoms with Crippen LogP contribution in [0.3, 0.4) is 0 Å².